The second-order valence-corrected chi connectivity index (χ2v) is 6.59. The van der Waals surface area contributed by atoms with E-state index in [9.17, 15) is 4.79 Å². The summed E-state index contributed by atoms with van der Waals surface area (Å²) in [5.41, 5.74) is 1.71. The summed E-state index contributed by atoms with van der Waals surface area (Å²) in [6, 6.07) is 9.96. The highest BCUT2D eigenvalue weighted by atomic mass is 16.2. The van der Waals surface area contributed by atoms with Crippen LogP contribution in [0.15, 0.2) is 36.5 Å². The molecule has 0 bridgehead atoms. The molecule has 1 amide bonds. The van der Waals surface area contributed by atoms with E-state index in [4.69, 9.17) is 4.98 Å². The number of anilines is 4. The first-order chi connectivity index (χ1) is 12.6. The Morgan fingerprint density at radius 2 is 1.85 bits per heavy atom. The van der Waals surface area contributed by atoms with E-state index in [1.165, 1.54) is 0 Å². The van der Waals surface area contributed by atoms with E-state index in [1.54, 1.807) is 11.1 Å². The van der Waals surface area contributed by atoms with Crippen LogP contribution in [0.3, 0.4) is 0 Å². The fourth-order valence-corrected chi connectivity index (χ4v) is 3.59. The van der Waals surface area contributed by atoms with Gasteiger partial charge in [0.05, 0.1) is 6.20 Å². The number of amides is 1. The average Bonchev–Trinajstić information content (AvgIpc) is 2.67. The predicted octanol–water partition coefficient (Wildman–Crippen LogP) is 3.97. The quantitative estimate of drug-likeness (QED) is 0.851. The SMILES string of the molecule is CCC(CC)N1c2nc(Nc3ccccc3)ncc2N(C)C(=O)C1CC. The van der Waals surface area contributed by atoms with Crippen LogP contribution in [-0.2, 0) is 4.79 Å². The number of fused-ring (bicyclic) bond motifs is 1. The number of para-hydroxylation sites is 1. The third-order valence-electron chi connectivity index (χ3n) is 5.06. The zero-order valence-electron chi connectivity index (χ0n) is 15.9. The number of carbonyl (C=O) groups excluding carboxylic acids is 1. The fourth-order valence-electron chi connectivity index (χ4n) is 3.59. The van der Waals surface area contributed by atoms with E-state index < -0.39 is 0 Å². The van der Waals surface area contributed by atoms with Gasteiger partial charge < -0.3 is 15.1 Å². The number of hydrogen-bond acceptors (Lipinski definition) is 5. The van der Waals surface area contributed by atoms with Crippen LogP contribution in [0.1, 0.15) is 40.0 Å². The number of likely N-dealkylation sites (N-methyl/N-ethyl adjacent to an activating group) is 1. The minimum atomic E-state index is -0.183. The minimum absolute atomic E-state index is 0.110. The maximum atomic E-state index is 12.9. The third kappa shape index (κ3) is 3.23. The van der Waals surface area contributed by atoms with E-state index in [0.29, 0.717) is 5.95 Å². The lowest BCUT2D eigenvalue weighted by atomic mass is 10.0. The predicted molar refractivity (Wildman–Crippen MR) is 106 cm³/mol. The van der Waals surface area contributed by atoms with Crippen molar-refractivity contribution >= 4 is 29.0 Å². The number of aromatic nitrogens is 2. The first-order valence-corrected chi connectivity index (χ1v) is 9.35. The number of carbonyl (C=O) groups is 1. The van der Waals surface area contributed by atoms with E-state index in [0.717, 1.165) is 36.5 Å². The largest absolute Gasteiger partial charge is 0.340 e. The van der Waals surface area contributed by atoms with E-state index in [1.807, 2.05) is 37.4 Å². The summed E-state index contributed by atoms with van der Waals surface area (Å²) in [7, 11) is 1.81. The standard InChI is InChI=1S/C20H27N5O/c1-5-15(6-2)25-16(7-3)19(26)24(4)17-13-21-20(23-18(17)25)22-14-11-9-8-10-12-14/h8-13,15-16H,5-7H2,1-4H3,(H,21,22,23). The van der Waals surface area contributed by atoms with Crippen LogP contribution in [0.4, 0.5) is 23.1 Å². The highest BCUT2D eigenvalue weighted by Gasteiger charge is 2.39. The maximum absolute atomic E-state index is 12.9. The lowest BCUT2D eigenvalue weighted by molar-refractivity contribution is -0.120. The first-order valence-electron chi connectivity index (χ1n) is 9.35. The van der Waals surface area contributed by atoms with Gasteiger partial charge in [0.25, 0.3) is 0 Å². The number of benzene rings is 1. The van der Waals surface area contributed by atoms with Gasteiger partial charge in [0.2, 0.25) is 11.9 Å². The molecule has 1 atom stereocenters. The summed E-state index contributed by atoms with van der Waals surface area (Å²) in [6.07, 6.45) is 4.43. The molecule has 1 N–H and O–H groups in total. The smallest absolute Gasteiger partial charge is 0.249 e. The van der Waals surface area contributed by atoms with Gasteiger partial charge in [-0.3, -0.25) is 4.79 Å². The molecule has 1 aromatic heterocycles. The topological polar surface area (TPSA) is 61.4 Å². The van der Waals surface area contributed by atoms with E-state index in [-0.39, 0.29) is 18.0 Å². The van der Waals surface area contributed by atoms with Gasteiger partial charge in [-0.1, -0.05) is 39.0 Å². The molecule has 1 aromatic carbocycles. The molecule has 0 fully saturated rings. The molecule has 6 heteroatoms. The van der Waals surface area contributed by atoms with E-state index in [2.05, 4.69) is 36.0 Å². The van der Waals surface area contributed by atoms with E-state index >= 15 is 0 Å². The lowest BCUT2D eigenvalue weighted by Crippen LogP contribution is -2.56. The van der Waals surface area contributed by atoms with Gasteiger partial charge in [-0.05, 0) is 31.4 Å². The highest BCUT2D eigenvalue weighted by molar-refractivity contribution is 6.04. The van der Waals surface area contributed by atoms with Gasteiger partial charge in [0.15, 0.2) is 5.82 Å². The van der Waals surface area contributed by atoms with Crippen molar-refractivity contribution in [1.82, 2.24) is 9.97 Å². The Kier molecular flexibility index (Phi) is 5.40. The molecule has 2 heterocycles. The molecule has 1 unspecified atom stereocenters. The lowest BCUT2D eigenvalue weighted by Gasteiger charge is -2.44. The molecule has 3 rings (SSSR count). The Bertz CT molecular complexity index is 760. The summed E-state index contributed by atoms with van der Waals surface area (Å²) in [6.45, 7) is 6.38. The highest BCUT2D eigenvalue weighted by Crippen LogP contribution is 2.37. The Hall–Kier alpha value is -2.63. The number of nitrogens with zero attached hydrogens (tertiary/aromatic N) is 4. The molecule has 2 aromatic rings. The van der Waals surface area contributed by atoms with Crippen LogP contribution < -0.4 is 15.1 Å². The number of hydrogen-bond donors (Lipinski definition) is 1. The van der Waals surface area contributed by atoms with Crippen LogP contribution in [0, 0.1) is 0 Å². The second kappa shape index (κ2) is 7.72. The van der Waals surface area contributed by atoms with Crippen molar-refractivity contribution in [3.63, 3.8) is 0 Å². The minimum Gasteiger partial charge on any atom is -0.340 e. The zero-order valence-corrected chi connectivity index (χ0v) is 15.9. The molecule has 0 aliphatic carbocycles. The molecule has 6 nitrogen and oxygen atoms in total. The summed E-state index contributed by atoms with van der Waals surface area (Å²) in [5, 5.41) is 3.26. The maximum Gasteiger partial charge on any atom is 0.249 e. The summed E-state index contributed by atoms with van der Waals surface area (Å²) < 4.78 is 0. The molecule has 138 valence electrons. The van der Waals surface area contributed by atoms with Gasteiger partial charge in [-0.15, -0.1) is 0 Å². The first kappa shape index (κ1) is 18.2. The molecule has 0 radical (unpaired) electrons. The van der Waals surface area contributed by atoms with Crippen LogP contribution in [0.25, 0.3) is 0 Å². The normalized spacial score (nSPS) is 16.8. The molecule has 1 aliphatic heterocycles. The zero-order chi connectivity index (χ0) is 18.7. The molecule has 0 saturated heterocycles. The monoisotopic (exact) mass is 353 g/mol. The average molecular weight is 353 g/mol. The van der Waals surface area contributed by atoms with Crippen LogP contribution >= 0.6 is 0 Å². The van der Waals surface area contributed by atoms with Crippen molar-refractivity contribution in [2.45, 2.75) is 52.1 Å². The Labute approximate surface area is 155 Å². The van der Waals surface area contributed by atoms with Gasteiger partial charge in [-0.2, -0.15) is 4.98 Å². The van der Waals surface area contributed by atoms with Crippen molar-refractivity contribution in [2.75, 3.05) is 22.2 Å². The summed E-state index contributed by atoms with van der Waals surface area (Å²) in [4.78, 5) is 26.0. The van der Waals surface area contributed by atoms with Crippen molar-refractivity contribution in [3.05, 3.63) is 36.5 Å². The van der Waals surface area contributed by atoms with Crippen LogP contribution in [0.2, 0.25) is 0 Å². The molecule has 0 spiro atoms. The van der Waals surface area contributed by atoms with Gasteiger partial charge >= 0.3 is 0 Å². The Morgan fingerprint density at radius 1 is 1.15 bits per heavy atom. The summed E-state index contributed by atoms with van der Waals surface area (Å²) in [5.74, 6) is 1.49. The summed E-state index contributed by atoms with van der Waals surface area (Å²) >= 11 is 0. The van der Waals surface area contributed by atoms with Crippen molar-refractivity contribution in [3.8, 4) is 0 Å². The van der Waals surface area contributed by atoms with Gasteiger partial charge in [0, 0.05) is 18.8 Å². The molecule has 26 heavy (non-hydrogen) atoms. The second-order valence-electron chi connectivity index (χ2n) is 6.59. The molecular weight excluding hydrogens is 326 g/mol. The third-order valence-corrected chi connectivity index (χ3v) is 5.06. The Morgan fingerprint density at radius 3 is 2.46 bits per heavy atom. The van der Waals surface area contributed by atoms with Crippen LogP contribution in [-0.4, -0.2) is 35.0 Å². The van der Waals surface area contributed by atoms with Crippen molar-refractivity contribution in [2.24, 2.45) is 0 Å². The number of rotatable bonds is 6. The molecule has 0 saturated carbocycles. The fraction of sp³-hybridized carbons (Fsp3) is 0.450. The van der Waals surface area contributed by atoms with Crippen molar-refractivity contribution in [1.29, 1.82) is 0 Å². The Balaban J connectivity index is 2.05. The van der Waals surface area contributed by atoms with Gasteiger partial charge in [0.1, 0.15) is 11.7 Å². The van der Waals surface area contributed by atoms with Crippen molar-refractivity contribution < 1.29 is 4.79 Å². The molecule has 1 aliphatic rings. The number of nitrogens with one attached hydrogen (secondary N) is 1. The molecular formula is C20H27N5O. The van der Waals surface area contributed by atoms with Crippen LogP contribution in [0.5, 0.6) is 0 Å². The van der Waals surface area contributed by atoms with Gasteiger partial charge in [-0.25, -0.2) is 4.98 Å².